The van der Waals surface area contributed by atoms with Crippen LogP contribution in [0.3, 0.4) is 0 Å². The summed E-state index contributed by atoms with van der Waals surface area (Å²) in [6.45, 7) is 2.18. The lowest BCUT2D eigenvalue weighted by Gasteiger charge is -2.30. The quantitative estimate of drug-likeness (QED) is 0.750. The molecule has 1 N–H and O–H groups in total. The Hall–Kier alpha value is -1.24. The summed E-state index contributed by atoms with van der Waals surface area (Å²) in [4.78, 5) is 0. The molecule has 0 saturated heterocycles. The SMILES string of the molecule is CC/C=C\C1CCCCC1c1cccc(O)c1. The zero-order valence-corrected chi connectivity index (χ0v) is 10.6. The molecule has 0 bridgehead atoms. The molecule has 92 valence electrons. The first kappa shape index (κ1) is 12.2. The summed E-state index contributed by atoms with van der Waals surface area (Å²) in [5, 5.41) is 9.59. The van der Waals surface area contributed by atoms with Crippen LogP contribution in [0.5, 0.6) is 5.75 Å². The van der Waals surface area contributed by atoms with Crippen LogP contribution in [-0.2, 0) is 0 Å². The molecule has 1 aliphatic rings. The molecule has 1 heteroatoms. The van der Waals surface area contributed by atoms with Gasteiger partial charge in [0.1, 0.15) is 5.75 Å². The number of phenolic OH excluding ortho intramolecular Hbond substituents is 1. The first-order chi connectivity index (χ1) is 8.31. The maximum atomic E-state index is 9.59. The Morgan fingerprint density at radius 1 is 1.29 bits per heavy atom. The Morgan fingerprint density at radius 3 is 2.88 bits per heavy atom. The predicted octanol–water partition coefficient (Wildman–Crippen LogP) is 4.63. The van der Waals surface area contributed by atoms with Gasteiger partial charge in [-0.25, -0.2) is 0 Å². The molecule has 2 unspecified atom stereocenters. The third kappa shape index (κ3) is 3.12. The lowest BCUT2D eigenvalue weighted by Crippen LogP contribution is -2.15. The summed E-state index contributed by atoms with van der Waals surface area (Å²) in [5.41, 5.74) is 1.30. The normalized spacial score (nSPS) is 25.2. The van der Waals surface area contributed by atoms with Crippen molar-refractivity contribution >= 4 is 0 Å². The van der Waals surface area contributed by atoms with E-state index in [1.165, 1.54) is 31.2 Å². The van der Waals surface area contributed by atoms with Crippen LogP contribution in [0.1, 0.15) is 50.5 Å². The fourth-order valence-corrected chi connectivity index (χ4v) is 2.87. The minimum Gasteiger partial charge on any atom is -0.508 e. The average molecular weight is 230 g/mol. The van der Waals surface area contributed by atoms with Gasteiger partial charge in [0.05, 0.1) is 0 Å². The highest BCUT2D eigenvalue weighted by Crippen LogP contribution is 2.39. The van der Waals surface area contributed by atoms with E-state index in [0.717, 1.165) is 6.42 Å². The summed E-state index contributed by atoms with van der Waals surface area (Å²) >= 11 is 0. The van der Waals surface area contributed by atoms with Gasteiger partial charge >= 0.3 is 0 Å². The summed E-state index contributed by atoms with van der Waals surface area (Å²) in [6.07, 6.45) is 11.0. The second-order valence-electron chi connectivity index (χ2n) is 4.99. The first-order valence-electron chi connectivity index (χ1n) is 6.77. The minimum absolute atomic E-state index is 0.395. The van der Waals surface area contributed by atoms with Gasteiger partial charge in [0.15, 0.2) is 0 Å². The van der Waals surface area contributed by atoms with Crippen molar-refractivity contribution in [3.63, 3.8) is 0 Å². The summed E-state index contributed by atoms with van der Waals surface area (Å²) in [7, 11) is 0. The maximum absolute atomic E-state index is 9.59. The molecule has 1 aliphatic carbocycles. The second-order valence-corrected chi connectivity index (χ2v) is 4.99. The lowest BCUT2D eigenvalue weighted by atomic mass is 9.75. The summed E-state index contributed by atoms with van der Waals surface area (Å²) < 4.78 is 0. The van der Waals surface area contributed by atoms with Crippen LogP contribution in [0.15, 0.2) is 36.4 Å². The van der Waals surface area contributed by atoms with Gasteiger partial charge in [-0.2, -0.15) is 0 Å². The molecule has 1 aromatic rings. The third-order valence-corrected chi connectivity index (χ3v) is 3.74. The summed E-state index contributed by atoms with van der Waals surface area (Å²) in [5.74, 6) is 1.65. The zero-order chi connectivity index (χ0) is 12.1. The molecule has 0 radical (unpaired) electrons. The van der Waals surface area contributed by atoms with E-state index < -0.39 is 0 Å². The van der Waals surface area contributed by atoms with Crippen molar-refractivity contribution in [2.24, 2.45) is 5.92 Å². The van der Waals surface area contributed by atoms with Crippen molar-refractivity contribution in [2.45, 2.75) is 44.9 Å². The smallest absolute Gasteiger partial charge is 0.115 e. The van der Waals surface area contributed by atoms with Crippen LogP contribution in [0.2, 0.25) is 0 Å². The third-order valence-electron chi connectivity index (χ3n) is 3.74. The molecule has 2 atom stereocenters. The van der Waals surface area contributed by atoms with E-state index in [9.17, 15) is 5.11 Å². The number of hydrogen-bond donors (Lipinski definition) is 1. The molecule has 0 aliphatic heterocycles. The second kappa shape index (κ2) is 5.90. The van der Waals surface area contributed by atoms with Gasteiger partial charge in [0, 0.05) is 0 Å². The molecule has 2 rings (SSSR count). The van der Waals surface area contributed by atoms with Crippen LogP contribution < -0.4 is 0 Å². The highest BCUT2D eigenvalue weighted by molar-refractivity contribution is 5.31. The van der Waals surface area contributed by atoms with Crippen molar-refractivity contribution in [1.82, 2.24) is 0 Å². The van der Waals surface area contributed by atoms with Crippen LogP contribution in [0.4, 0.5) is 0 Å². The van der Waals surface area contributed by atoms with E-state index >= 15 is 0 Å². The molecular weight excluding hydrogens is 208 g/mol. The van der Waals surface area contributed by atoms with Crippen molar-refractivity contribution in [3.8, 4) is 5.75 Å². The molecule has 0 heterocycles. The van der Waals surface area contributed by atoms with Crippen LogP contribution in [0.25, 0.3) is 0 Å². The van der Waals surface area contributed by atoms with E-state index in [2.05, 4.69) is 25.1 Å². The molecule has 1 fully saturated rings. The molecule has 1 saturated carbocycles. The van der Waals surface area contributed by atoms with Crippen molar-refractivity contribution in [1.29, 1.82) is 0 Å². The van der Waals surface area contributed by atoms with E-state index in [1.807, 2.05) is 12.1 Å². The number of phenols is 1. The Labute approximate surface area is 104 Å². The Kier molecular flexibility index (Phi) is 4.24. The minimum atomic E-state index is 0.395. The van der Waals surface area contributed by atoms with Gasteiger partial charge in [-0.3, -0.25) is 0 Å². The molecule has 17 heavy (non-hydrogen) atoms. The predicted molar refractivity (Wildman–Crippen MR) is 72.2 cm³/mol. The average Bonchev–Trinajstić information content (AvgIpc) is 2.37. The van der Waals surface area contributed by atoms with Gasteiger partial charge < -0.3 is 5.11 Å². The fraction of sp³-hybridized carbons (Fsp3) is 0.500. The van der Waals surface area contributed by atoms with Gasteiger partial charge in [-0.1, -0.05) is 44.1 Å². The number of aromatic hydroxyl groups is 1. The lowest BCUT2D eigenvalue weighted by molar-refractivity contribution is 0.360. The Balaban J connectivity index is 2.18. The van der Waals surface area contributed by atoms with Crippen molar-refractivity contribution in [2.75, 3.05) is 0 Å². The van der Waals surface area contributed by atoms with Crippen molar-refractivity contribution in [3.05, 3.63) is 42.0 Å². The van der Waals surface area contributed by atoms with Gasteiger partial charge in [-0.05, 0) is 48.8 Å². The fourth-order valence-electron chi connectivity index (χ4n) is 2.87. The van der Waals surface area contributed by atoms with Gasteiger partial charge in [-0.15, -0.1) is 0 Å². The van der Waals surface area contributed by atoms with Gasteiger partial charge in [0.25, 0.3) is 0 Å². The van der Waals surface area contributed by atoms with E-state index in [4.69, 9.17) is 0 Å². The van der Waals surface area contributed by atoms with Crippen molar-refractivity contribution < 1.29 is 5.11 Å². The largest absolute Gasteiger partial charge is 0.508 e. The van der Waals surface area contributed by atoms with Crippen LogP contribution in [-0.4, -0.2) is 5.11 Å². The highest BCUT2D eigenvalue weighted by atomic mass is 16.3. The highest BCUT2D eigenvalue weighted by Gasteiger charge is 2.24. The topological polar surface area (TPSA) is 20.2 Å². The standard InChI is InChI=1S/C16H22O/c1-2-3-7-13-8-4-5-11-16(13)14-9-6-10-15(17)12-14/h3,6-7,9-10,12-13,16-17H,2,4-5,8,11H2,1H3/b7-3-. The molecule has 1 aromatic carbocycles. The first-order valence-corrected chi connectivity index (χ1v) is 6.77. The van der Waals surface area contributed by atoms with E-state index in [1.54, 1.807) is 6.07 Å². The number of rotatable bonds is 3. The zero-order valence-electron chi connectivity index (χ0n) is 10.6. The monoisotopic (exact) mass is 230 g/mol. The van der Waals surface area contributed by atoms with E-state index in [-0.39, 0.29) is 0 Å². The molecule has 0 amide bonds. The number of benzene rings is 1. The number of allylic oxidation sites excluding steroid dienone is 2. The van der Waals surface area contributed by atoms with Crippen LogP contribution in [0, 0.1) is 5.92 Å². The molecular formula is C16H22O. The molecule has 1 nitrogen and oxygen atoms in total. The summed E-state index contributed by atoms with van der Waals surface area (Å²) in [6, 6.07) is 7.80. The maximum Gasteiger partial charge on any atom is 0.115 e. The Morgan fingerprint density at radius 2 is 2.12 bits per heavy atom. The van der Waals surface area contributed by atoms with Crippen LogP contribution >= 0.6 is 0 Å². The molecule has 0 aromatic heterocycles. The van der Waals surface area contributed by atoms with E-state index in [0.29, 0.717) is 17.6 Å². The Bertz CT molecular complexity index is 381. The number of hydrogen-bond acceptors (Lipinski definition) is 1. The molecule has 0 spiro atoms. The van der Waals surface area contributed by atoms with Gasteiger partial charge in [0.2, 0.25) is 0 Å².